The minimum atomic E-state index is -3.18. The molecule has 8 heteroatoms. The highest BCUT2D eigenvalue weighted by atomic mass is 32.2. The van der Waals surface area contributed by atoms with Crippen LogP contribution in [0.25, 0.3) is 0 Å². The summed E-state index contributed by atoms with van der Waals surface area (Å²) in [5, 5.41) is 0. The number of carbonyl (C=O) groups excluding carboxylic acids is 2. The molecule has 2 rings (SSSR count). The van der Waals surface area contributed by atoms with Gasteiger partial charge in [-0.2, -0.15) is 0 Å². The molecular weight excluding hydrogens is 325 g/mol. The van der Waals surface area contributed by atoms with Crippen LogP contribution in [0, 0.1) is 11.7 Å². The van der Waals surface area contributed by atoms with Gasteiger partial charge in [-0.1, -0.05) is 18.2 Å². The number of likely N-dealkylation sites (N-methyl/N-ethyl adjacent to an activating group) is 1. The summed E-state index contributed by atoms with van der Waals surface area (Å²) in [4.78, 5) is 24.9. The highest BCUT2D eigenvalue weighted by Crippen LogP contribution is 2.19. The van der Waals surface area contributed by atoms with Crippen LogP contribution in [0.4, 0.5) is 4.39 Å². The fourth-order valence-corrected chi connectivity index (χ4v) is 4.04. The van der Waals surface area contributed by atoms with Crippen LogP contribution in [0.3, 0.4) is 0 Å². The van der Waals surface area contributed by atoms with E-state index in [0.29, 0.717) is 5.56 Å². The average molecular weight is 343 g/mol. The Morgan fingerprint density at radius 1 is 1.35 bits per heavy atom. The van der Waals surface area contributed by atoms with E-state index in [2.05, 4.69) is 0 Å². The van der Waals surface area contributed by atoms with E-state index in [9.17, 15) is 22.4 Å². The molecule has 126 valence electrons. The Morgan fingerprint density at radius 3 is 2.65 bits per heavy atom. The summed E-state index contributed by atoms with van der Waals surface area (Å²) in [5.41, 5.74) is 0.358. The third-order valence-electron chi connectivity index (χ3n) is 3.69. The molecule has 0 aliphatic carbocycles. The van der Waals surface area contributed by atoms with Crippen LogP contribution in [0.1, 0.15) is 12.0 Å². The highest BCUT2D eigenvalue weighted by Gasteiger charge is 2.34. The summed E-state index contributed by atoms with van der Waals surface area (Å²) in [6, 6.07) is 6.08. The second kappa shape index (κ2) is 7.08. The van der Waals surface area contributed by atoms with Crippen molar-refractivity contribution in [3.8, 4) is 0 Å². The SMILES string of the molecule is CN(Cc1ccccc1F)C(=O)COC(=O)C1CCS(=O)(=O)C1. The molecule has 1 unspecified atom stereocenters. The van der Waals surface area contributed by atoms with Crippen molar-refractivity contribution >= 4 is 21.7 Å². The predicted octanol–water partition coefficient (Wildman–Crippen LogP) is 0.762. The predicted molar refractivity (Wildman–Crippen MR) is 80.6 cm³/mol. The van der Waals surface area contributed by atoms with Gasteiger partial charge in [0.05, 0.1) is 17.4 Å². The monoisotopic (exact) mass is 343 g/mol. The van der Waals surface area contributed by atoms with E-state index in [-0.39, 0.29) is 24.5 Å². The lowest BCUT2D eigenvalue weighted by Gasteiger charge is -2.18. The van der Waals surface area contributed by atoms with Gasteiger partial charge in [-0.25, -0.2) is 12.8 Å². The van der Waals surface area contributed by atoms with Crippen molar-refractivity contribution in [3.63, 3.8) is 0 Å². The summed E-state index contributed by atoms with van der Waals surface area (Å²) in [6.45, 7) is -0.429. The third-order valence-corrected chi connectivity index (χ3v) is 5.46. The maximum atomic E-state index is 13.5. The Hall–Kier alpha value is -1.96. The molecule has 0 spiro atoms. The Balaban J connectivity index is 1.82. The van der Waals surface area contributed by atoms with Crippen LogP contribution < -0.4 is 0 Å². The van der Waals surface area contributed by atoms with Gasteiger partial charge >= 0.3 is 5.97 Å². The number of halogens is 1. The molecule has 0 N–H and O–H groups in total. The number of nitrogens with zero attached hydrogens (tertiary/aromatic N) is 1. The molecule has 0 bridgehead atoms. The summed E-state index contributed by atoms with van der Waals surface area (Å²) in [5.74, 6) is -2.55. The molecule has 0 aromatic heterocycles. The van der Waals surface area contributed by atoms with Gasteiger partial charge in [0, 0.05) is 19.2 Å². The quantitative estimate of drug-likeness (QED) is 0.738. The number of ether oxygens (including phenoxy) is 1. The molecule has 1 aromatic rings. The average Bonchev–Trinajstić information content (AvgIpc) is 2.87. The summed E-state index contributed by atoms with van der Waals surface area (Å²) in [6.07, 6.45) is 0.223. The Morgan fingerprint density at radius 2 is 2.04 bits per heavy atom. The van der Waals surface area contributed by atoms with E-state index < -0.39 is 40.1 Å². The molecule has 1 atom stereocenters. The Bertz CT molecular complexity index is 704. The van der Waals surface area contributed by atoms with E-state index >= 15 is 0 Å². The van der Waals surface area contributed by atoms with Crippen molar-refractivity contribution in [1.82, 2.24) is 4.90 Å². The molecule has 0 saturated carbocycles. The number of rotatable bonds is 5. The first kappa shape index (κ1) is 17.4. The van der Waals surface area contributed by atoms with Gasteiger partial charge in [-0.05, 0) is 12.5 Å². The van der Waals surface area contributed by atoms with Gasteiger partial charge in [0.1, 0.15) is 5.82 Å². The molecule has 1 saturated heterocycles. The van der Waals surface area contributed by atoms with Crippen molar-refractivity contribution in [2.24, 2.45) is 5.92 Å². The van der Waals surface area contributed by atoms with Crippen molar-refractivity contribution in [2.75, 3.05) is 25.2 Å². The van der Waals surface area contributed by atoms with Gasteiger partial charge < -0.3 is 9.64 Å². The molecule has 0 radical (unpaired) electrons. The number of esters is 1. The number of benzene rings is 1. The smallest absolute Gasteiger partial charge is 0.310 e. The van der Waals surface area contributed by atoms with Crippen molar-refractivity contribution < 1.29 is 27.1 Å². The molecule has 1 fully saturated rings. The zero-order chi connectivity index (χ0) is 17.0. The first-order valence-corrected chi connectivity index (χ1v) is 8.95. The minimum Gasteiger partial charge on any atom is -0.455 e. The lowest BCUT2D eigenvalue weighted by atomic mass is 10.1. The molecule has 1 amide bonds. The lowest BCUT2D eigenvalue weighted by Crippen LogP contribution is -2.32. The second-order valence-electron chi connectivity index (χ2n) is 5.55. The van der Waals surface area contributed by atoms with E-state index in [4.69, 9.17) is 4.74 Å². The maximum Gasteiger partial charge on any atom is 0.310 e. The standard InChI is InChI=1S/C15H18FNO5S/c1-17(8-11-4-2-3-5-13(11)16)14(18)9-22-15(19)12-6-7-23(20,21)10-12/h2-5,12H,6-10H2,1H3. The summed E-state index contributed by atoms with van der Waals surface area (Å²) >= 11 is 0. The molecule has 1 heterocycles. The van der Waals surface area contributed by atoms with Gasteiger partial charge in [-0.3, -0.25) is 9.59 Å². The maximum absolute atomic E-state index is 13.5. The van der Waals surface area contributed by atoms with Gasteiger partial charge in [-0.15, -0.1) is 0 Å². The topological polar surface area (TPSA) is 80.8 Å². The third kappa shape index (κ3) is 4.75. The van der Waals surface area contributed by atoms with Gasteiger partial charge in [0.15, 0.2) is 16.4 Å². The van der Waals surface area contributed by atoms with Crippen LogP contribution in [0.2, 0.25) is 0 Å². The van der Waals surface area contributed by atoms with Crippen LogP contribution in [-0.4, -0.2) is 50.4 Å². The van der Waals surface area contributed by atoms with Crippen LogP contribution in [0.5, 0.6) is 0 Å². The molecule has 1 aliphatic heterocycles. The minimum absolute atomic E-state index is 0.0338. The van der Waals surface area contributed by atoms with E-state index in [1.807, 2.05) is 0 Å². The van der Waals surface area contributed by atoms with Gasteiger partial charge in [0.25, 0.3) is 5.91 Å². The molecule has 23 heavy (non-hydrogen) atoms. The fraction of sp³-hybridized carbons (Fsp3) is 0.467. The molecule has 1 aromatic carbocycles. The van der Waals surface area contributed by atoms with Crippen molar-refractivity contribution in [1.29, 1.82) is 0 Å². The highest BCUT2D eigenvalue weighted by molar-refractivity contribution is 7.91. The molecule has 6 nitrogen and oxygen atoms in total. The number of amides is 1. The fourth-order valence-electron chi connectivity index (χ4n) is 2.31. The number of sulfone groups is 1. The normalized spacial score (nSPS) is 19.3. The van der Waals surface area contributed by atoms with Crippen LogP contribution >= 0.6 is 0 Å². The Labute approximate surface area is 134 Å². The zero-order valence-corrected chi connectivity index (χ0v) is 13.5. The van der Waals surface area contributed by atoms with Crippen molar-refractivity contribution in [3.05, 3.63) is 35.6 Å². The number of hydrogen-bond donors (Lipinski definition) is 0. The number of carbonyl (C=O) groups is 2. The van der Waals surface area contributed by atoms with Crippen LogP contribution in [-0.2, 0) is 30.7 Å². The van der Waals surface area contributed by atoms with Gasteiger partial charge in [0.2, 0.25) is 0 Å². The summed E-state index contributed by atoms with van der Waals surface area (Å²) < 4.78 is 41.0. The molecule has 1 aliphatic rings. The van der Waals surface area contributed by atoms with Crippen molar-refractivity contribution in [2.45, 2.75) is 13.0 Å². The lowest BCUT2D eigenvalue weighted by molar-refractivity contribution is -0.154. The zero-order valence-electron chi connectivity index (χ0n) is 12.7. The molecular formula is C15H18FNO5S. The van der Waals surface area contributed by atoms with E-state index in [1.165, 1.54) is 18.0 Å². The van der Waals surface area contributed by atoms with E-state index in [1.54, 1.807) is 18.2 Å². The van der Waals surface area contributed by atoms with Crippen LogP contribution in [0.15, 0.2) is 24.3 Å². The number of hydrogen-bond acceptors (Lipinski definition) is 5. The van der Waals surface area contributed by atoms with E-state index in [0.717, 1.165) is 0 Å². The first-order chi connectivity index (χ1) is 10.8. The summed E-state index contributed by atoms with van der Waals surface area (Å²) in [7, 11) is -1.70. The Kier molecular flexibility index (Phi) is 5.35. The second-order valence-corrected chi connectivity index (χ2v) is 7.78. The largest absolute Gasteiger partial charge is 0.455 e. The first-order valence-electron chi connectivity index (χ1n) is 7.13.